The largest absolute Gasteiger partial charge is 0.372 e. The number of aromatic nitrogens is 2. The average Bonchev–Trinajstić information content (AvgIpc) is 3.42. The van der Waals surface area contributed by atoms with Crippen LogP contribution in [0, 0.1) is 13.8 Å². The van der Waals surface area contributed by atoms with Crippen molar-refractivity contribution in [3.05, 3.63) is 80.8 Å². The van der Waals surface area contributed by atoms with E-state index in [2.05, 4.69) is 33.5 Å². The third-order valence-corrected chi connectivity index (χ3v) is 6.16. The van der Waals surface area contributed by atoms with Gasteiger partial charge < -0.3 is 15.0 Å². The highest BCUT2D eigenvalue weighted by Crippen LogP contribution is 2.49. The van der Waals surface area contributed by atoms with Crippen molar-refractivity contribution < 1.29 is 11.0 Å². The van der Waals surface area contributed by atoms with E-state index < -0.39 is 5.41 Å². The first-order valence-corrected chi connectivity index (χ1v) is 10.2. The molecule has 1 fully saturated rings. The molecule has 3 heterocycles. The Hall–Kier alpha value is -3.25. The van der Waals surface area contributed by atoms with Gasteiger partial charge >= 0.3 is 0 Å². The van der Waals surface area contributed by atoms with E-state index in [1.165, 1.54) is 11.1 Å². The van der Waals surface area contributed by atoms with Gasteiger partial charge in [0.2, 0.25) is 5.91 Å². The van der Waals surface area contributed by atoms with Gasteiger partial charge in [-0.3, -0.25) is 9.59 Å². The highest BCUT2D eigenvalue weighted by Gasteiger charge is 2.51. The van der Waals surface area contributed by atoms with Crippen molar-refractivity contribution in [2.24, 2.45) is 0 Å². The molecule has 154 valence electrons. The zero-order chi connectivity index (χ0) is 20.9. The molecular weight excluding hydrogens is 378 g/mol. The van der Waals surface area contributed by atoms with Gasteiger partial charge in [0, 0.05) is 18.8 Å². The van der Waals surface area contributed by atoms with Crippen LogP contribution in [0.2, 0.25) is 0 Å². The van der Waals surface area contributed by atoms with Crippen LogP contribution in [0.25, 0.3) is 11.3 Å². The summed E-state index contributed by atoms with van der Waals surface area (Å²) in [4.78, 5) is 32.3. The Balaban J connectivity index is 0.00000231. The molecule has 0 radical (unpaired) electrons. The van der Waals surface area contributed by atoms with Crippen molar-refractivity contribution in [1.29, 1.82) is 0 Å². The molecule has 2 N–H and O–H groups in total. The monoisotopic (exact) mass is 403 g/mol. The van der Waals surface area contributed by atoms with E-state index in [1.54, 1.807) is 13.1 Å². The zero-order valence-corrected chi connectivity index (χ0v) is 17.0. The summed E-state index contributed by atoms with van der Waals surface area (Å²) < 4.78 is 5.51. The van der Waals surface area contributed by atoms with E-state index in [0.29, 0.717) is 24.6 Å². The molecular formula is C24H25N3O3. The van der Waals surface area contributed by atoms with Crippen molar-refractivity contribution in [1.82, 2.24) is 9.97 Å². The summed E-state index contributed by atoms with van der Waals surface area (Å²) >= 11 is 0. The van der Waals surface area contributed by atoms with Crippen LogP contribution >= 0.6 is 0 Å². The Morgan fingerprint density at radius 1 is 1.10 bits per heavy atom. The van der Waals surface area contributed by atoms with Crippen LogP contribution in [0.4, 0.5) is 5.82 Å². The lowest BCUT2D eigenvalue weighted by Gasteiger charge is -2.17. The van der Waals surface area contributed by atoms with E-state index >= 15 is 0 Å². The SMILES string of the molecule is Cc1ccc(NC(=O)C2(c3ccc4c(c3)COC4)CC2)nc1-c1c[nH]c(=O)c(C)c1.[HH]. The number of carbonyl (C=O) groups excluding carboxylic acids is 1. The topological polar surface area (TPSA) is 84.1 Å². The maximum Gasteiger partial charge on any atom is 0.250 e. The molecule has 1 aromatic carbocycles. The Morgan fingerprint density at radius 2 is 1.90 bits per heavy atom. The molecule has 0 atom stereocenters. The quantitative estimate of drug-likeness (QED) is 0.690. The molecule has 6 heteroatoms. The maximum atomic E-state index is 13.2. The highest BCUT2D eigenvalue weighted by molar-refractivity contribution is 6.01. The second-order valence-electron chi connectivity index (χ2n) is 8.28. The maximum absolute atomic E-state index is 13.2. The normalized spacial score (nSPS) is 16.2. The van der Waals surface area contributed by atoms with Gasteiger partial charge in [-0.1, -0.05) is 24.3 Å². The molecule has 0 unspecified atom stereocenters. The summed E-state index contributed by atoms with van der Waals surface area (Å²) in [6.07, 6.45) is 3.32. The number of aryl methyl sites for hydroxylation is 2. The van der Waals surface area contributed by atoms with E-state index in [-0.39, 0.29) is 12.9 Å². The van der Waals surface area contributed by atoms with Gasteiger partial charge in [-0.2, -0.15) is 0 Å². The van der Waals surface area contributed by atoms with Crippen LogP contribution < -0.4 is 10.9 Å². The number of rotatable bonds is 4. The number of anilines is 1. The number of hydrogen-bond donors (Lipinski definition) is 2. The number of nitrogens with zero attached hydrogens (tertiary/aromatic N) is 1. The first-order chi connectivity index (χ1) is 14.5. The summed E-state index contributed by atoms with van der Waals surface area (Å²) in [6.45, 7) is 4.99. The zero-order valence-electron chi connectivity index (χ0n) is 17.0. The smallest absolute Gasteiger partial charge is 0.250 e. The fourth-order valence-electron chi connectivity index (χ4n) is 4.10. The number of aromatic amines is 1. The van der Waals surface area contributed by atoms with Crippen LogP contribution in [-0.2, 0) is 28.2 Å². The number of hydrogen-bond acceptors (Lipinski definition) is 4. The predicted molar refractivity (Wildman–Crippen MR) is 116 cm³/mol. The average molecular weight is 403 g/mol. The minimum Gasteiger partial charge on any atom is -0.372 e. The third-order valence-electron chi connectivity index (χ3n) is 6.16. The van der Waals surface area contributed by atoms with Crippen LogP contribution in [0.15, 0.2) is 47.4 Å². The standard InChI is InChI=1S/C24H23N3O3.H2/c1-14-3-6-20(26-21(14)17-9-15(2)22(28)25-11-17)27-23(29)24(7-8-24)19-5-4-16-12-30-13-18(16)10-19;/h3-6,9-11H,7-8,12-13H2,1-2H3,(H,25,28)(H,26,27,29);1H. The van der Waals surface area contributed by atoms with Crippen molar-refractivity contribution >= 4 is 11.7 Å². The van der Waals surface area contributed by atoms with Crippen molar-refractivity contribution in [3.8, 4) is 11.3 Å². The summed E-state index contributed by atoms with van der Waals surface area (Å²) in [7, 11) is 0. The number of pyridine rings is 2. The van der Waals surface area contributed by atoms with Gasteiger partial charge in [-0.05, 0) is 61.1 Å². The van der Waals surface area contributed by atoms with Gasteiger partial charge in [0.05, 0.1) is 24.3 Å². The molecule has 1 aliphatic heterocycles. The van der Waals surface area contributed by atoms with Crippen molar-refractivity contribution in [3.63, 3.8) is 0 Å². The molecule has 1 saturated carbocycles. The summed E-state index contributed by atoms with van der Waals surface area (Å²) in [6, 6.07) is 11.8. The van der Waals surface area contributed by atoms with Gasteiger partial charge in [0.15, 0.2) is 0 Å². The van der Waals surface area contributed by atoms with Crippen LogP contribution in [0.5, 0.6) is 0 Å². The number of H-pyrrole nitrogens is 1. The number of carbonyl (C=O) groups is 1. The first kappa shape index (κ1) is 18.8. The second kappa shape index (κ2) is 6.92. The summed E-state index contributed by atoms with van der Waals surface area (Å²) in [5.41, 5.74) is 5.99. The van der Waals surface area contributed by atoms with E-state index in [9.17, 15) is 9.59 Å². The highest BCUT2D eigenvalue weighted by atomic mass is 16.5. The van der Waals surface area contributed by atoms with Crippen molar-refractivity contribution in [2.45, 2.75) is 45.3 Å². The number of amides is 1. The van der Waals surface area contributed by atoms with Gasteiger partial charge in [-0.15, -0.1) is 0 Å². The lowest BCUT2D eigenvalue weighted by molar-refractivity contribution is -0.118. The van der Waals surface area contributed by atoms with Crippen LogP contribution in [-0.4, -0.2) is 15.9 Å². The lowest BCUT2D eigenvalue weighted by atomic mass is 9.92. The Morgan fingerprint density at radius 3 is 2.67 bits per heavy atom. The molecule has 2 aromatic heterocycles. The van der Waals surface area contributed by atoms with Gasteiger partial charge in [-0.25, -0.2) is 4.98 Å². The second-order valence-corrected chi connectivity index (χ2v) is 8.28. The molecule has 2 aliphatic rings. The fourth-order valence-corrected chi connectivity index (χ4v) is 4.10. The Kier molecular flexibility index (Phi) is 4.33. The fraction of sp³-hybridized carbons (Fsp3) is 0.292. The Labute approximate surface area is 175 Å². The minimum atomic E-state index is -0.487. The summed E-state index contributed by atoms with van der Waals surface area (Å²) in [5.74, 6) is 0.488. The van der Waals surface area contributed by atoms with Crippen LogP contribution in [0.3, 0.4) is 0 Å². The molecule has 5 rings (SSSR count). The van der Waals surface area contributed by atoms with E-state index in [1.807, 2.05) is 25.1 Å². The van der Waals surface area contributed by atoms with Gasteiger partial charge in [0.1, 0.15) is 5.82 Å². The minimum absolute atomic E-state index is 0. The molecule has 3 aromatic rings. The number of ether oxygens (including phenoxy) is 1. The molecule has 0 bridgehead atoms. The van der Waals surface area contributed by atoms with Gasteiger partial charge in [0.25, 0.3) is 5.56 Å². The van der Waals surface area contributed by atoms with Crippen LogP contribution in [0.1, 0.15) is 42.1 Å². The molecule has 0 saturated heterocycles. The molecule has 1 amide bonds. The first-order valence-electron chi connectivity index (χ1n) is 10.2. The number of nitrogens with one attached hydrogen (secondary N) is 2. The molecule has 1 aliphatic carbocycles. The Bertz CT molecular complexity index is 1230. The molecule has 0 spiro atoms. The predicted octanol–water partition coefficient (Wildman–Crippen LogP) is 4.00. The third kappa shape index (κ3) is 3.13. The molecule has 30 heavy (non-hydrogen) atoms. The summed E-state index contributed by atoms with van der Waals surface area (Å²) in [5, 5.41) is 3.02. The van der Waals surface area contributed by atoms with E-state index in [0.717, 1.165) is 35.2 Å². The van der Waals surface area contributed by atoms with Crippen molar-refractivity contribution in [2.75, 3.05) is 5.32 Å². The number of benzene rings is 1. The lowest BCUT2D eigenvalue weighted by Crippen LogP contribution is -2.28. The number of fused-ring (bicyclic) bond motifs is 1. The molecule has 6 nitrogen and oxygen atoms in total. The van der Waals surface area contributed by atoms with E-state index in [4.69, 9.17) is 4.74 Å².